The van der Waals surface area contributed by atoms with Crippen LogP contribution >= 0.6 is 0 Å². The molecule has 0 fully saturated rings. The van der Waals surface area contributed by atoms with Crippen LogP contribution in [0.2, 0.25) is 0 Å². The fraction of sp³-hybridized carbons (Fsp3) is 0.923. The zero-order valence-corrected chi connectivity index (χ0v) is 11.1. The van der Waals surface area contributed by atoms with E-state index >= 15 is 0 Å². The van der Waals surface area contributed by atoms with E-state index in [2.05, 4.69) is 39.1 Å². The van der Waals surface area contributed by atoms with Crippen molar-refractivity contribution in [3.8, 4) is 6.07 Å². The zero-order chi connectivity index (χ0) is 12.4. The molecule has 1 N–H and O–H groups in total. The maximum absolute atomic E-state index is 8.90. The van der Waals surface area contributed by atoms with Crippen LogP contribution in [-0.2, 0) is 4.74 Å². The summed E-state index contributed by atoms with van der Waals surface area (Å²) < 4.78 is 5.57. The molecule has 2 unspecified atom stereocenters. The van der Waals surface area contributed by atoms with Gasteiger partial charge in [0, 0.05) is 19.3 Å². The number of ether oxygens (including phenoxy) is 1. The molecule has 16 heavy (non-hydrogen) atoms. The van der Waals surface area contributed by atoms with Crippen molar-refractivity contribution in [1.82, 2.24) is 5.32 Å². The van der Waals surface area contributed by atoms with Crippen LogP contribution in [0.25, 0.3) is 0 Å². The number of rotatable bonds is 9. The van der Waals surface area contributed by atoms with E-state index in [0.29, 0.717) is 18.6 Å². The Morgan fingerprint density at radius 1 is 1.25 bits per heavy atom. The van der Waals surface area contributed by atoms with Crippen LogP contribution in [0.3, 0.4) is 0 Å². The minimum absolute atomic E-state index is 0.0820. The van der Waals surface area contributed by atoms with E-state index in [1.54, 1.807) is 0 Å². The number of hydrogen-bond donors (Lipinski definition) is 1. The fourth-order valence-electron chi connectivity index (χ4n) is 1.65. The molecule has 0 spiro atoms. The number of nitrogens with zero attached hydrogens (tertiary/aromatic N) is 1. The lowest BCUT2D eigenvalue weighted by Crippen LogP contribution is -2.34. The first-order valence-electron chi connectivity index (χ1n) is 6.33. The molecule has 0 aliphatic carbocycles. The lowest BCUT2D eigenvalue weighted by molar-refractivity contribution is 0.0963. The van der Waals surface area contributed by atoms with Gasteiger partial charge in [0.25, 0.3) is 0 Å². The van der Waals surface area contributed by atoms with E-state index in [1.807, 2.05) is 0 Å². The highest BCUT2D eigenvalue weighted by atomic mass is 16.5. The van der Waals surface area contributed by atoms with Gasteiger partial charge in [-0.05, 0) is 32.6 Å². The predicted molar refractivity (Wildman–Crippen MR) is 67.2 cm³/mol. The summed E-state index contributed by atoms with van der Waals surface area (Å²) in [6, 6.07) is 2.52. The lowest BCUT2D eigenvalue weighted by atomic mass is 10.1. The molecule has 0 amide bonds. The fourth-order valence-corrected chi connectivity index (χ4v) is 1.65. The molecular weight excluding hydrogens is 200 g/mol. The molecule has 3 heteroatoms. The second-order valence-corrected chi connectivity index (χ2v) is 4.76. The van der Waals surface area contributed by atoms with Crippen LogP contribution in [0.5, 0.6) is 0 Å². The molecule has 0 aliphatic heterocycles. The number of hydrogen-bond acceptors (Lipinski definition) is 3. The normalized spacial score (nSPS) is 14.8. The highest BCUT2D eigenvalue weighted by Gasteiger charge is 2.08. The van der Waals surface area contributed by atoms with Gasteiger partial charge in [0.15, 0.2) is 0 Å². The molecule has 0 saturated heterocycles. The molecule has 0 aliphatic rings. The third-order valence-corrected chi connectivity index (χ3v) is 2.43. The smallest absolute Gasteiger partial charge is 0.0976 e. The van der Waals surface area contributed by atoms with Gasteiger partial charge in [-0.1, -0.05) is 20.3 Å². The van der Waals surface area contributed by atoms with E-state index in [1.165, 1.54) is 12.8 Å². The van der Waals surface area contributed by atoms with Crippen molar-refractivity contribution >= 4 is 0 Å². The van der Waals surface area contributed by atoms with Crippen molar-refractivity contribution in [3.63, 3.8) is 0 Å². The van der Waals surface area contributed by atoms with Crippen LogP contribution in [-0.4, -0.2) is 25.3 Å². The van der Waals surface area contributed by atoms with E-state index in [-0.39, 0.29) is 6.04 Å². The van der Waals surface area contributed by atoms with Crippen molar-refractivity contribution in [2.75, 3.05) is 13.2 Å². The van der Waals surface area contributed by atoms with Crippen molar-refractivity contribution in [2.45, 2.75) is 59.0 Å². The monoisotopic (exact) mass is 226 g/mol. The van der Waals surface area contributed by atoms with Gasteiger partial charge < -0.3 is 4.74 Å². The minimum Gasteiger partial charge on any atom is -0.381 e. The Kier molecular flexibility index (Phi) is 9.27. The van der Waals surface area contributed by atoms with Crippen molar-refractivity contribution in [3.05, 3.63) is 0 Å². The average molecular weight is 226 g/mol. The Morgan fingerprint density at radius 3 is 2.44 bits per heavy atom. The molecule has 0 aromatic carbocycles. The Bertz CT molecular complexity index is 199. The summed E-state index contributed by atoms with van der Waals surface area (Å²) in [6.45, 7) is 9.98. The second-order valence-electron chi connectivity index (χ2n) is 4.76. The maximum Gasteiger partial charge on any atom is 0.0976 e. The topological polar surface area (TPSA) is 45.0 Å². The summed E-state index contributed by atoms with van der Waals surface area (Å²) in [7, 11) is 0. The quantitative estimate of drug-likeness (QED) is 0.615. The Morgan fingerprint density at radius 2 is 1.94 bits per heavy atom. The molecular formula is C13H26N2O. The summed E-state index contributed by atoms with van der Waals surface area (Å²) in [5.41, 5.74) is 0. The Hall–Kier alpha value is -0.590. The molecule has 0 rings (SSSR count). The largest absolute Gasteiger partial charge is 0.381 e. The molecule has 0 radical (unpaired) electrons. The Balaban J connectivity index is 3.52. The van der Waals surface area contributed by atoms with Crippen LogP contribution in [0, 0.1) is 17.2 Å². The third kappa shape index (κ3) is 8.70. The van der Waals surface area contributed by atoms with Gasteiger partial charge in [0.2, 0.25) is 0 Å². The van der Waals surface area contributed by atoms with Crippen LogP contribution in [0.15, 0.2) is 0 Å². The molecule has 0 bridgehead atoms. The van der Waals surface area contributed by atoms with Crippen LogP contribution < -0.4 is 5.32 Å². The first kappa shape index (κ1) is 15.4. The maximum atomic E-state index is 8.90. The van der Waals surface area contributed by atoms with E-state index in [4.69, 9.17) is 10.00 Å². The van der Waals surface area contributed by atoms with Gasteiger partial charge >= 0.3 is 0 Å². The predicted octanol–water partition coefficient (Wildman–Crippen LogP) is 2.72. The molecule has 2 atom stereocenters. The van der Waals surface area contributed by atoms with Gasteiger partial charge in [0.1, 0.15) is 0 Å². The number of nitrogens with one attached hydrogen (secondary N) is 1. The standard InChI is InChI=1S/C13H26N2O/c1-5-6-12(4)10-16-8-7-13(9-14)15-11(2)3/h11-13,15H,5-8,10H2,1-4H3. The van der Waals surface area contributed by atoms with Gasteiger partial charge in [-0.3, -0.25) is 5.32 Å². The number of nitriles is 1. The van der Waals surface area contributed by atoms with Crippen LogP contribution in [0.1, 0.15) is 47.0 Å². The van der Waals surface area contributed by atoms with Crippen LogP contribution in [0.4, 0.5) is 0 Å². The molecule has 94 valence electrons. The summed E-state index contributed by atoms with van der Waals surface area (Å²) in [5, 5.41) is 12.1. The lowest BCUT2D eigenvalue weighted by Gasteiger charge is -2.15. The summed E-state index contributed by atoms with van der Waals surface area (Å²) in [4.78, 5) is 0. The highest BCUT2D eigenvalue weighted by Crippen LogP contribution is 2.05. The zero-order valence-electron chi connectivity index (χ0n) is 11.1. The highest BCUT2D eigenvalue weighted by molar-refractivity contribution is 4.90. The second kappa shape index (κ2) is 9.62. The summed E-state index contributed by atoms with van der Waals surface area (Å²) >= 11 is 0. The van der Waals surface area contributed by atoms with Gasteiger partial charge in [-0.15, -0.1) is 0 Å². The molecule has 0 aromatic rings. The molecule has 0 saturated carbocycles. The van der Waals surface area contributed by atoms with Crippen molar-refractivity contribution < 1.29 is 4.74 Å². The van der Waals surface area contributed by atoms with Gasteiger partial charge in [-0.2, -0.15) is 5.26 Å². The summed E-state index contributed by atoms with van der Waals surface area (Å²) in [5.74, 6) is 0.628. The first-order chi connectivity index (χ1) is 7.60. The van der Waals surface area contributed by atoms with Gasteiger partial charge in [-0.25, -0.2) is 0 Å². The van der Waals surface area contributed by atoms with Crippen molar-refractivity contribution in [1.29, 1.82) is 5.26 Å². The third-order valence-electron chi connectivity index (χ3n) is 2.43. The SMILES string of the molecule is CCCC(C)COCCC(C#N)NC(C)C. The summed E-state index contributed by atoms with van der Waals surface area (Å²) in [6.07, 6.45) is 3.19. The minimum atomic E-state index is -0.0820. The Labute approximate surface area is 100 Å². The van der Waals surface area contributed by atoms with Crippen molar-refractivity contribution in [2.24, 2.45) is 5.92 Å². The molecule has 0 heterocycles. The molecule has 3 nitrogen and oxygen atoms in total. The van der Waals surface area contributed by atoms with Gasteiger partial charge in [0.05, 0.1) is 12.1 Å². The molecule has 0 aromatic heterocycles. The van der Waals surface area contributed by atoms with E-state index in [9.17, 15) is 0 Å². The van der Waals surface area contributed by atoms with E-state index in [0.717, 1.165) is 13.0 Å². The average Bonchev–Trinajstić information content (AvgIpc) is 2.22. The van der Waals surface area contributed by atoms with E-state index < -0.39 is 0 Å². The first-order valence-corrected chi connectivity index (χ1v) is 6.33.